The average Bonchev–Trinajstić information content (AvgIpc) is 2.48. The maximum atomic E-state index is 5.31. The van der Waals surface area contributed by atoms with Crippen LogP contribution in [0, 0.1) is 6.92 Å². The molecule has 0 saturated heterocycles. The Bertz CT molecular complexity index is 755. The van der Waals surface area contributed by atoms with E-state index in [0.717, 1.165) is 22.3 Å². The monoisotopic (exact) mass is 266 g/mol. The molecule has 0 unspecified atom stereocenters. The van der Waals surface area contributed by atoms with E-state index in [-0.39, 0.29) is 0 Å². The van der Waals surface area contributed by atoms with Crippen LogP contribution in [0.3, 0.4) is 0 Å². The number of fused-ring (bicyclic) bond motifs is 1. The van der Waals surface area contributed by atoms with Crippen LogP contribution in [0.4, 0.5) is 17.5 Å². The summed E-state index contributed by atoms with van der Waals surface area (Å²) >= 11 is 0. The maximum absolute atomic E-state index is 5.31. The van der Waals surface area contributed by atoms with Crippen molar-refractivity contribution in [1.82, 2.24) is 15.0 Å². The number of benzene rings is 1. The maximum Gasteiger partial charge on any atom is 0.239 e. The number of pyridine rings is 1. The van der Waals surface area contributed by atoms with Crippen molar-refractivity contribution in [2.45, 2.75) is 6.92 Å². The van der Waals surface area contributed by atoms with Crippen LogP contribution in [0.15, 0.2) is 42.6 Å². The van der Waals surface area contributed by atoms with Gasteiger partial charge in [0.1, 0.15) is 5.82 Å². The predicted octanol–water partition coefficient (Wildman–Crippen LogP) is 2.36. The molecule has 0 atom stereocenters. The van der Waals surface area contributed by atoms with Crippen LogP contribution in [0.25, 0.3) is 10.9 Å². The highest BCUT2D eigenvalue weighted by Crippen LogP contribution is 2.24. The van der Waals surface area contributed by atoms with Crippen LogP contribution >= 0.6 is 0 Å². The number of nitrogens with one attached hydrogen (secondary N) is 2. The second-order valence-electron chi connectivity index (χ2n) is 4.36. The minimum absolute atomic E-state index is 0.361. The van der Waals surface area contributed by atoms with E-state index in [1.807, 2.05) is 31.2 Å². The molecule has 2 heterocycles. The number of hydrogen-bond acceptors (Lipinski definition) is 6. The third-order valence-electron chi connectivity index (χ3n) is 2.91. The molecule has 0 bridgehead atoms. The molecule has 0 amide bonds. The third-order valence-corrected chi connectivity index (χ3v) is 2.91. The molecule has 0 spiro atoms. The highest BCUT2D eigenvalue weighted by molar-refractivity contribution is 5.91. The van der Waals surface area contributed by atoms with E-state index in [9.17, 15) is 0 Å². The van der Waals surface area contributed by atoms with Gasteiger partial charge in [0.05, 0.1) is 11.2 Å². The Balaban J connectivity index is 2.03. The number of nitrogens with zero attached hydrogens (tertiary/aromatic N) is 3. The SMILES string of the molecule is Cc1ccc2cccc(Nc3ccnc(NN)n3)c2n1. The molecule has 3 aromatic rings. The lowest BCUT2D eigenvalue weighted by Gasteiger charge is -2.09. The Kier molecular flexibility index (Phi) is 3.14. The molecule has 20 heavy (non-hydrogen) atoms. The van der Waals surface area contributed by atoms with Crippen molar-refractivity contribution < 1.29 is 0 Å². The summed E-state index contributed by atoms with van der Waals surface area (Å²) in [5.74, 6) is 6.32. The Morgan fingerprint density at radius 1 is 1.05 bits per heavy atom. The summed E-state index contributed by atoms with van der Waals surface area (Å²) in [5, 5.41) is 4.32. The topological polar surface area (TPSA) is 88.8 Å². The molecule has 0 radical (unpaired) electrons. The molecule has 3 rings (SSSR count). The first-order valence-electron chi connectivity index (χ1n) is 6.19. The van der Waals surface area contributed by atoms with Crippen molar-refractivity contribution in [3.8, 4) is 0 Å². The van der Waals surface area contributed by atoms with Gasteiger partial charge in [-0.25, -0.2) is 10.8 Å². The first kappa shape index (κ1) is 12.3. The number of aryl methyl sites for hydroxylation is 1. The van der Waals surface area contributed by atoms with Crippen LogP contribution in [-0.2, 0) is 0 Å². The second kappa shape index (κ2) is 5.10. The number of nitrogens with two attached hydrogens (primary N) is 1. The Labute approximate surface area is 116 Å². The van der Waals surface area contributed by atoms with Gasteiger partial charge in [-0.2, -0.15) is 4.98 Å². The molecule has 0 saturated carbocycles. The van der Waals surface area contributed by atoms with Crippen molar-refractivity contribution in [2.24, 2.45) is 5.84 Å². The van der Waals surface area contributed by atoms with E-state index < -0.39 is 0 Å². The van der Waals surface area contributed by atoms with Crippen molar-refractivity contribution in [1.29, 1.82) is 0 Å². The smallest absolute Gasteiger partial charge is 0.239 e. The number of rotatable bonds is 3. The lowest BCUT2D eigenvalue weighted by Crippen LogP contribution is -2.10. The van der Waals surface area contributed by atoms with Gasteiger partial charge in [-0.1, -0.05) is 18.2 Å². The van der Waals surface area contributed by atoms with E-state index in [1.165, 1.54) is 0 Å². The zero-order valence-corrected chi connectivity index (χ0v) is 11.0. The second-order valence-corrected chi connectivity index (χ2v) is 4.36. The van der Waals surface area contributed by atoms with Crippen molar-refractivity contribution in [3.05, 3.63) is 48.3 Å². The molecule has 6 heteroatoms. The summed E-state index contributed by atoms with van der Waals surface area (Å²) < 4.78 is 0. The molecule has 0 aliphatic heterocycles. The fraction of sp³-hybridized carbons (Fsp3) is 0.0714. The van der Waals surface area contributed by atoms with Gasteiger partial charge in [0.2, 0.25) is 5.95 Å². The molecule has 6 nitrogen and oxygen atoms in total. The summed E-state index contributed by atoms with van der Waals surface area (Å²) in [5.41, 5.74) is 5.20. The Morgan fingerprint density at radius 2 is 1.95 bits per heavy atom. The summed E-state index contributed by atoms with van der Waals surface area (Å²) in [6.07, 6.45) is 1.63. The lowest BCUT2D eigenvalue weighted by atomic mass is 10.1. The Morgan fingerprint density at radius 3 is 2.80 bits per heavy atom. The van der Waals surface area contributed by atoms with Crippen molar-refractivity contribution in [2.75, 3.05) is 10.7 Å². The quantitative estimate of drug-likeness (QED) is 0.498. The zero-order chi connectivity index (χ0) is 13.9. The number of hydrogen-bond donors (Lipinski definition) is 3. The number of anilines is 3. The fourth-order valence-corrected chi connectivity index (χ4v) is 1.98. The van der Waals surface area contributed by atoms with Crippen LogP contribution in [0.1, 0.15) is 5.69 Å². The van der Waals surface area contributed by atoms with E-state index in [4.69, 9.17) is 5.84 Å². The molecular weight excluding hydrogens is 252 g/mol. The average molecular weight is 266 g/mol. The first-order valence-corrected chi connectivity index (χ1v) is 6.19. The van der Waals surface area contributed by atoms with Gasteiger partial charge in [-0.15, -0.1) is 0 Å². The highest BCUT2D eigenvalue weighted by atomic mass is 15.3. The molecule has 4 N–H and O–H groups in total. The lowest BCUT2D eigenvalue weighted by molar-refractivity contribution is 1.12. The number of hydrazine groups is 1. The Hall–Kier alpha value is -2.73. The first-order chi connectivity index (χ1) is 9.76. The number of aromatic nitrogens is 3. The van der Waals surface area contributed by atoms with Gasteiger partial charge in [-0.05, 0) is 25.1 Å². The zero-order valence-electron chi connectivity index (χ0n) is 11.0. The van der Waals surface area contributed by atoms with Crippen LogP contribution in [-0.4, -0.2) is 15.0 Å². The molecule has 0 fully saturated rings. The highest BCUT2D eigenvalue weighted by Gasteiger charge is 2.04. The number of nitrogen functional groups attached to an aromatic ring is 1. The molecular formula is C14H14N6. The third kappa shape index (κ3) is 2.36. The van der Waals surface area contributed by atoms with E-state index >= 15 is 0 Å². The fourth-order valence-electron chi connectivity index (χ4n) is 1.98. The van der Waals surface area contributed by atoms with Gasteiger partial charge in [0.25, 0.3) is 0 Å². The van der Waals surface area contributed by atoms with Crippen molar-refractivity contribution in [3.63, 3.8) is 0 Å². The largest absolute Gasteiger partial charge is 0.338 e. The van der Waals surface area contributed by atoms with Gasteiger partial charge >= 0.3 is 0 Å². The molecule has 0 aliphatic carbocycles. The predicted molar refractivity (Wildman–Crippen MR) is 79.6 cm³/mol. The molecule has 100 valence electrons. The van der Waals surface area contributed by atoms with Gasteiger partial charge in [0.15, 0.2) is 0 Å². The van der Waals surface area contributed by atoms with Crippen LogP contribution in [0.5, 0.6) is 0 Å². The summed E-state index contributed by atoms with van der Waals surface area (Å²) in [4.78, 5) is 12.8. The van der Waals surface area contributed by atoms with E-state index in [1.54, 1.807) is 12.3 Å². The van der Waals surface area contributed by atoms with Gasteiger partial charge in [-0.3, -0.25) is 10.4 Å². The van der Waals surface area contributed by atoms with Gasteiger partial charge in [0, 0.05) is 17.3 Å². The molecule has 0 aliphatic rings. The van der Waals surface area contributed by atoms with Crippen molar-refractivity contribution >= 4 is 28.4 Å². The molecule has 1 aromatic carbocycles. The normalized spacial score (nSPS) is 10.5. The minimum atomic E-state index is 0.361. The van der Waals surface area contributed by atoms with E-state index in [2.05, 4.69) is 31.8 Å². The summed E-state index contributed by atoms with van der Waals surface area (Å²) in [6.45, 7) is 1.97. The van der Waals surface area contributed by atoms with E-state index in [0.29, 0.717) is 11.8 Å². The van der Waals surface area contributed by atoms with Gasteiger partial charge < -0.3 is 5.32 Å². The van der Waals surface area contributed by atoms with Crippen LogP contribution < -0.4 is 16.6 Å². The standard InChI is InChI=1S/C14H14N6/c1-9-5-6-10-3-2-4-11(13(10)17-9)18-12-7-8-16-14(19-12)20-15/h2-8H,15H2,1H3,(H2,16,18,19,20). The molecule has 2 aromatic heterocycles. The van der Waals surface area contributed by atoms with Crippen LogP contribution in [0.2, 0.25) is 0 Å². The summed E-state index contributed by atoms with van der Waals surface area (Å²) in [7, 11) is 0. The minimum Gasteiger partial charge on any atom is -0.338 e. The number of para-hydroxylation sites is 1. The summed E-state index contributed by atoms with van der Waals surface area (Å²) in [6, 6.07) is 11.8.